The average Bonchev–Trinajstić information content (AvgIpc) is 2.88. The smallest absolute Gasteiger partial charge is 0.314 e. The number of aliphatic hydroxyl groups excluding tert-OH is 1. The molecular weight excluding hydrogens is 260 g/mol. The van der Waals surface area contributed by atoms with E-state index in [1.54, 1.807) is 6.08 Å². The van der Waals surface area contributed by atoms with Crippen molar-refractivity contribution >= 4 is 5.97 Å². The minimum absolute atomic E-state index is 0.200. The predicted molar refractivity (Wildman–Crippen MR) is 69.4 cm³/mol. The van der Waals surface area contributed by atoms with Gasteiger partial charge in [0, 0.05) is 12.0 Å². The van der Waals surface area contributed by atoms with Crippen molar-refractivity contribution in [1.29, 1.82) is 0 Å². The molecule has 20 heavy (non-hydrogen) atoms. The zero-order valence-electron chi connectivity index (χ0n) is 10.9. The SMILES string of the molecule is O=C1CC=C(C[C@H]2O[C@@H](c3ccccc3)OC[C@H]2O)O1. The summed E-state index contributed by atoms with van der Waals surface area (Å²) in [6.07, 6.45) is 0.727. The van der Waals surface area contributed by atoms with Crippen LogP contribution in [-0.2, 0) is 19.0 Å². The lowest BCUT2D eigenvalue weighted by Crippen LogP contribution is -2.40. The number of hydrogen-bond acceptors (Lipinski definition) is 5. The Morgan fingerprint density at radius 3 is 2.75 bits per heavy atom. The molecule has 0 radical (unpaired) electrons. The number of ether oxygens (including phenoxy) is 3. The highest BCUT2D eigenvalue weighted by atomic mass is 16.7. The van der Waals surface area contributed by atoms with Crippen LogP contribution in [-0.4, -0.2) is 29.9 Å². The lowest BCUT2D eigenvalue weighted by atomic mass is 10.1. The van der Waals surface area contributed by atoms with Crippen LogP contribution in [0.5, 0.6) is 0 Å². The largest absolute Gasteiger partial charge is 0.431 e. The van der Waals surface area contributed by atoms with Gasteiger partial charge in [0.15, 0.2) is 6.29 Å². The van der Waals surface area contributed by atoms with Gasteiger partial charge < -0.3 is 19.3 Å². The third kappa shape index (κ3) is 2.90. The van der Waals surface area contributed by atoms with Gasteiger partial charge in [-0.05, 0) is 6.08 Å². The van der Waals surface area contributed by atoms with E-state index in [1.807, 2.05) is 30.3 Å². The van der Waals surface area contributed by atoms with Crippen LogP contribution in [0, 0.1) is 0 Å². The second-order valence-corrected chi connectivity index (χ2v) is 4.87. The highest BCUT2D eigenvalue weighted by molar-refractivity contribution is 5.75. The summed E-state index contributed by atoms with van der Waals surface area (Å²) in [6.45, 7) is 0.200. The molecule has 0 bridgehead atoms. The molecule has 3 atom stereocenters. The standard InChI is InChI=1S/C15H16O5/c16-12-9-18-15(10-4-2-1-3-5-10)20-13(12)8-11-6-7-14(17)19-11/h1-6,12-13,15-16H,7-9H2/t12-,13-,15+/m1/s1. The van der Waals surface area contributed by atoms with E-state index in [-0.39, 0.29) is 19.0 Å². The molecule has 0 saturated carbocycles. The Bertz CT molecular complexity index is 510. The van der Waals surface area contributed by atoms with Crippen LogP contribution in [0.4, 0.5) is 0 Å². The van der Waals surface area contributed by atoms with Gasteiger partial charge in [0.05, 0.1) is 19.1 Å². The van der Waals surface area contributed by atoms with Crippen molar-refractivity contribution in [2.45, 2.75) is 31.3 Å². The number of carbonyl (C=O) groups is 1. The average molecular weight is 276 g/mol. The monoisotopic (exact) mass is 276 g/mol. The summed E-state index contributed by atoms with van der Waals surface area (Å²) in [7, 11) is 0. The molecule has 5 nitrogen and oxygen atoms in total. The van der Waals surface area contributed by atoms with Crippen LogP contribution < -0.4 is 0 Å². The quantitative estimate of drug-likeness (QED) is 0.851. The van der Waals surface area contributed by atoms with Gasteiger partial charge in [-0.1, -0.05) is 30.3 Å². The summed E-state index contributed by atoms with van der Waals surface area (Å²) in [5, 5.41) is 9.94. The maximum Gasteiger partial charge on any atom is 0.314 e. The molecule has 2 aliphatic rings. The maximum absolute atomic E-state index is 11.1. The number of cyclic esters (lactones) is 1. The van der Waals surface area contributed by atoms with E-state index in [0.717, 1.165) is 5.56 Å². The predicted octanol–water partition coefficient (Wildman–Crippen LogP) is 1.68. The van der Waals surface area contributed by atoms with E-state index in [1.165, 1.54) is 0 Å². The minimum atomic E-state index is -0.727. The first kappa shape index (κ1) is 13.3. The first-order chi connectivity index (χ1) is 9.72. The highest BCUT2D eigenvalue weighted by Gasteiger charge is 2.33. The lowest BCUT2D eigenvalue weighted by molar-refractivity contribution is -0.257. The van der Waals surface area contributed by atoms with Gasteiger partial charge in [0.2, 0.25) is 0 Å². The molecule has 1 fully saturated rings. The summed E-state index contributed by atoms with van der Waals surface area (Å²) in [5.41, 5.74) is 0.904. The molecule has 0 aromatic heterocycles. The van der Waals surface area contributed by atoms with Gasteiger partial charge in [-0.3, -0.25) is 4.79 Å². The van der Waals surface area contributed by atoms with E-state index in [2.05, 4.69) is 0 Å². The van der Waals surface area contributed by atoms with Crippen molar-refractivity contribution < 1.29 is 24.1 Å². The van der Waals surface area contributed by atoms with Crippen LogP contribution in [0.3, 0.4) is 0 Å². The van der Waals surface area contributed by atoms with Crippen LogP contribution in [0.1, 0.15) is 24.7 Å². The molecule has 0 amide bonds. The van der Waals surface area contributed by atoms with Gasteiger partial charge in [-0.2, -0.15) is 0 Å². The van der Waals surface area contributed by atoms with Gasteiger partial charge in [0.1, 0.15) is 11.9 Å². The molecular formula is C15H16O5. The van der Waals surface area contributed by atoms with Crippen LogP contribution >= 0.6 is 0 Å². The van der Waals surface area contributed by atoms with E-state index in [4.69, 9.17) is 14.2 Å². The molecule has 1 aromatic rings. The van der Waals surface area contributed by atoms with Crippen molar-refractivity contribution in [2.24, 2.45) is 0 Å². The second kappa shape index (κ2) is 5.75. The number of carbonyl (C=O) groups excluding carboxylic acids is 1. The van der Waals surface area contributed by atoms with Crippen molar-refractivity contribution in [3.05, 3.63) is 47.7 Å². The fourth-order valence-electron chi connectivity index (χ4n) is 2.30. The van der Waals surface area contributed by atoms with Gasteiger partial charge in [-0.15, -0.1) is 0 Å². The number of hydrogen-bond donors (Lipinski definition) is 1. The molecule has 0 aliphatic carbocycles. The van der Waals surface area contributed by atoms with Crippen molar-refractivity contribution in [1.82, 2.24) is 0 Å². The number of benzene rings is 1. The summed E-state index contributed by atoms with van der Waals surface area (Å²) in [4.78, 5) is 11.1. The second-order valence-electron chi connectivity index (χ2n) is 4.87. The minimum Gasteiger partial charge on any atom is -0.431 e. The normalized spacial score (nSPS) is 29.9. The Labute approximate surface area is 116 Å². The summed E-state index contributed by atoms with van der Waals surface area (Å²) < 4.78 is 16.3. The molecule has 0 unspecified atom stereocenters. The van der Waals surface area contributed by atoms with Crippen molar-refractivity contribution in [3.8, 4) is 0 Å². The molecule has 5 heteroatoms. The Kier molecular flexibility index (Phi) is 3.82. The number of rotatable bonds is 3. The molecule has 1 saturated heterocycles. The fraction of sp³-hybridized carbons (Fsp3) is 0.400. The summed E-state index contributed by atoms with van der Waals surface area (Å²) in [6, 6.07) is 9.55. The van der Waals surface area contributed by atoms with Crippen molar-refractivity contribution in [2.75, 3.05) is 6.61 Å². The van der Waals surface area contributed by atoms with E-state index >= 15 is 0 Å². The van der Waals surface area contributed by atoms with Crippen molar-refractivity contribution in [3.63, 3.8) is 0 Å². The first-order valence-electron chi connectivity index (χ1n) is 6.62. The highest BCUT2D eigenvalue weighted by Crippen LogP contribution is 2.30. The molecule has 2 heterocycles. The Morgan fingerprint density at radius 1 is 1.25 bits per heavy atom. The van der Waals surface area contributed by atoms with Gasteiger partial charge in [-0.25, -0.2) is 0 Å². The molecule has 106 valence electrons. The van der Waals surface area contributed by atoms with E-state index in [9.17, 15) is 9.90 Å². The fourth-order valence-corrected chi connectivity index (χ4v) is 2.30. The molecule has 1 N–H and O–H groups in total. The summed E-state index contributed by atoms with van der Waals surface area (Å²) in [5.74, 6) is 0.300. The molecule has 2 aliphatic heterocycles. The summed E-state index contributed by atoms with van der Waals surface area (Å²) >= 11 is 0. The Balaban J connectivity index is 1.66. The zero-order chi connectivity index (χ0) is 13.9. The van der Waals surface area contributed by atoms with Crippen LogP contribution in [0.2, 0.25) is 0 Å². The molecule has 1 aromatic carbocycles. The molecule has 3 rings (SSSR count). The topological polar surface area (TPSA) is 65.0 Å². The third-order valence-corrected chi connectivity index (χ3v) is 3.36. The Hall–Kier alpha value is -1.69. The third-order valence-electron chi connectivity index (χ3n) is 3.36. The number of aliphatic hydroxyl groups is 1. The molecule has 0 spiro atoms. The van der Waals surface area contributed by atoms with E-state index in [0.29, 0.717) is 12.2 Å². The van der Waals surface area contributed by atoms with Crippen LogP contribution in [0.15, 0.2) is 42.2 Å². The zero-order valence-corrected chi connectivity index (χ0v) is 10.9. The maximum atomic E-state index is 11.1. The number of esters is 1. The van der Waals surface area contributed by atoms with Gasteiger partial charge >= 0.3 is 5.97 Å². The Morgan fingerprint density at radius 2 is 2.05 bits per heavy atom. The first-order valence-corrected chi connectivity index (χ1v) is 6.62. The van der Waals surface area contributed by atoms with Crippen LogP contribution in [0.25, 0.3) is 0 Å². The lowest BCUT2D eigenvalue weighted by Gasteiger charge is -2.34. The van der Waals surface area contributed by atoms with Gasteiger partial charge in [0.25, 0.3) is 0 Å². The van der Waals surface area contributed by atoms with E-state index < -0.39 is 18.5 Å².